The van der Waals surface area contributed by atoms with Crippen LogP contribution in [0.3, 0.4) is 0 Å². The zero-order valence-electron chi connectivity index (χ0n) is 37.1. The number of hydrogen-bond donors (Lipinski definition) is 0. The lowest BCUT2D eigenvalue weighted by atomic mass is 9.67. The Morgan fingerprint density at radius 1 is 0.470 bits per heavy atom. The minimum Gasteiger partial charge on any atom is -0.280 e. The van der Waals surface area contributed by atoms with E-state index in [1.807, 2.05) is 11.3 Å². The smallest absolute Gasteiger partial charge is 0.0820 e. The Morgan fingerprint density at radius 3 is 1.79 bits per heavy atom. The number of fused-ring (bicyclic) bond motifs is 6. The lowest BCUT2D eigenvalue weighted by Gasteiger charge is -2.34. The number of allylic oxidation sites excluding steroid dienone is 1. The summed E-state index contributed by atoms with van der Waals surface area (Å²) in [5, 5.41) is 2.63. The van der Waals surface area contributed by atoms with Gasteiger partial charge in [-0.05, 0) is 116 Å². The maximum Gasteiger partial charge on any atom is 0.0820 e. The van der Waals surface area contributed by atoms with Crippen LogP contribution < -0.4 is 0 Å². The van der Waals surface area contributed by atoms with E-state index in [2.05, 4.69) is 237 Å². The molecule has 0 amide bonds. The predicted molar refractivity (Wildman–Crippen MR) is 281 cm³/mol. The Morgan fingerprint density at radius 2 is 1.06 bits per heavy atom. The third-order valence-corrected chi connectivity index (χ3v) is 15.5. The van der Waals surface area contributed by atoms with E-state index in [9.17, 15) is 0 Å². The number of nitrogens with zero attached hydrogens (tertiary/aromatic N) is 1. The molecule has 0 fully saturated rings. The second-order valence-corrected chi connectivity index (χ2v) is 19.0. The quantitative estimate of drug-likeness (QED) is 0.144. The summed E-state index contributed by atoms with van der Waals surface area (Å²) in [6, 6.07) is 83.5. The standard InChI is InChI=1S/C64H49NS/c1-2-50-51(45-36-34-44(35-37-45)43-20-7-3-8-21-43)30-19-32-60(65-63(50)46-22-9-4-10-23-46)57-42-59-56(41-55(57)47-38-39-54-53-29-16-18-33-61(53)66-62(54)40-47)52-28-15-17-31-58(52)64(59,48-24-11-5-12-25-48)49-26-13-6-14-27-49/h3-18,20-31,33-42,50,63H,2,19,32H2,1H3/b51-30-,65-60?. The number of benzene rings is 9. The average molecular weight is 864 g/mol. The van der Waals surface area contributed by atoms with Crippen molar-refractivity contribution >= 4 is 42.8 Å². The van der Waals surface area contributed by atoms with Crippen molar-refractivity contribution in [2.75, 3.05) is 0 Å². The Bertz CT molecular complexity index is 3400. The average Bonchev–Trinajstić information content (AvgIpc) is 3.90. The van der Waals surface area contributed by atoms with Crippen molar-refractivity contribution in [2.45, 2.75) is 37.6 Å². The molecular weight excluding hydrogens is 815 g/mol. The molecule has 9 aromatic carbocycles. The van der Waals surface area contributed by atoms with Crippen LogP contribution in [-0.2, 0) is 5.41 Å². The minimum absolute atomic E-state index is 0.0806. The van der Waals surface area contributed by atoms with Gasteiger partial charge in [-0.25, -0.2) is 0 Å². The van der Waals surface area contributed by atoms with Crippen LogP contribution in [0, 0.1) is 5.92 Å². The molecule has 10 aromatic rings. The second-order valence-electron chi connectivity index (χ2n) is 17.9. The third kappa shape index (κ3) is 6.70. The van der Waals surface area contributed by atoms with Crippen molar-refractivity contribution in [2.24, 2.45) is 10.9 Å². The van der Waals surface area contributed by atoms with Gasteiger partial charge in [-0.15, -0.1) is 11.3 Å². The molecule has 1 aromatic heterocycles. The van der Waals surface area contributed by atoms with Crippen molar-refractivity contribution in [3.8, 4) is 33.4 Å². The summed E-state index contributed by atoms with van der Waals surface area (Å²) in [7, 11) is 0. The normalized spacial score (nSPS) is 17.3. The topological polar surface area (TPSA) is 12.4 Å². The zero-order valence-corrected chi connectivity index (χ0v) is 37.9. The molecular formula is C64H49NS. The molecule has 316 valence electrons. The summed E-state index contributed by atoms with van der Waals surface area (Å²) in [6.07, 6.45) is 5.21. The van der Waals surface area contributed by atoms with E-state index in [0.717, 1.165) is 25.0 Å². The molecule has 0 spiro atoms. The molecule has 2 heteroatoms. The van der Waals surface area contributed by atoms with E-state index < -0.39 is 5.41 Å². The summed E-state index contributed by atoms with van der Waals surface area (Å²) in [5.74, 6) is 0.176. The van der Waals surface area contributed by atoms with Gasteiger partial charge in [0, 0.05) is 37.4 Å². The number of rotatable bonds is 8. The van der Waals surface area contributed by atoms with Crippen LogP contribution in [0.4, 0.5) is 0 Å². The van der Waals surface area contributed by atoms with Gasteiger partial charge in [0.05, 0.1) is 11.5 Å². The van der Waals surface area contributed by atoms with Gasteiger partial charge >= 0.3 is 0 Å². The first-order chi connectivity index (χ1) is 32.7. The van der Waals surface area contributed by atoms with Gasteiger partial charge in [0.25, 0.3) is 0 Å². The molecule has 1 aliphatic carbocycles. The van der Waals surface area contributed by atoms with Crippen LogP contribution in [0.5, 0.6) is 0 Å². The minimum atomic E-state index is -0.525. The van der Waals surface area contributed by atoms with E-state index in [0.29, 0.717) is 0 Å². The fourth-order valence-electron chi connectivity index (χ4n) is 11.3. The maximum absolute atomic E-state index is 6.10. The van der Waals surface area contributed by atoms with Crippen molar-refractivity contribution in [3.63, 3.8) is 0 Å². The van der Waals surface area contributed by atoms with Crippen LogP contribution in [-0.4, -0.2) is 5.71 Å². The Kier molecular flexibility index (Phi) is 10.3. The van der Waals surface area contributed by atoms with Gasteiger partial charge < -0.3 is 0 Å². The molecule has 2 aliphatic rings. The van der Waals surface area contributed by atoms with E-state index in [4.69, 9.17) is 4.99 Å². The monoisotopic (exact) mass is 863 g/mol. The third-order valence-electron chi connectivity index (χ3n) is 14.3. The van der Waals surface area contributed by atoms with Gasteiger partial charge in [-0.2, -0.15) is 0 Å². The predicted octanol–water partition coefficient (Wildman–Crippen LogP) is 17.2. The zero-order chi connectivity index (χ0) is 44.0. The Hall–Kier alpha value is -7.39. The second kappa shape index (κ2) is 16.9. The maximum atomic E-state index is 6.10. The molecule has 1 nitrogen and oxygen atoms in total. The fraction of sp³-hybridized carbons (Fsp3) is 0.109. The molecule has 0 saturated heterocycles. The Labute approximate surface area is 392 Å². The summed E-state index contributed by atoms with van der Waals surface area (Å²) >= 11 is 1.89. The Balaban J connectivity index is 1.10. The summed E-state index contributed by atoms with van der Waals surface area (Å²) in [5.41, 5.74) is 18.5. The van der Waals surface area contributed by atoms with E-state index in [1.165, 1.54) is 98.1 Å². The highest BCUT2D eigenvalue weighted by molar-refractivity contribution is 7.25. The molecule has 0 N–H and O–H groups in total. The summed E-state index contributed by atoms with van der Waals surface area (Å²) in [6.45, 7) is 2.34. The van der Waals surface area contributed by atoms with Crippen LogP contribution in [0.1, 0.15) is 71.2 Å². The lowest BCUT2D eigenvalue weighted by molar-refractivity contribution is 0.519. The van der Waals surface area contributed by atoms with E-state index in [1.54, 1.807) is 0 Å². The molecule has 2 atom stereocenters. The molecule has 0 saturated carbocycles. The first-order valence-electron chi connectivity index (χ1n) is 23.5. The van der Waals surface area contributed by atoms with Crippen molar-refractivity contribution in [1.82, 2.24) is 0 Å². The summed E-state index contributed by atoms with van der Waals surface area (Å²) < 4.78 is 2.63. The van der Waals surface area contributed by atoms with Crippen molar-refractivity contribution in [3.05, 3.63) is 269 Å². The highest BCUT2D eigenvalue weighted by Gasteiger charge is 2.46. The van der Waals surface area contributed by atoms with Crippen LogP contribution in [0.2, 0.25) is 0 Å². The lowest BCUT2D eigenvalue weighted by Crippen LogP contribution is -2.29. The molecule has 1 aliphatic heterocycles. The molecule has 0 bridgehead atoms. The van der Waals surface area contributed by atoms with Gasteiger partial charge in [-0.3, -0.25) is 4.99 Å². The first-order valence-corrected chi connectivity index (χ1v) is 24.3. The fourth-order valence-corrected chi connectivity index (χ4v) is 12.4. The van der Waals surface area contributed by atoms with E-state index in [-0.39, 0.29) is 12.0 Å². The number of aliphatic imine (C=N–C) groups is 1. The van der Waals surface area contributed by atoms with Crippen LogP contribution in [0.15, 0.2) is 236 Å². The number of thiophene rings is 1. The number of hydrogen-bond acceptors (Lipinski definition) is 2. The molecule has 12 rings (SSSR count). The van der Waals surface area contributed by atoms with E-state index >= 15 is 0 Å². The molecule has 2 heterocycles. The van der Waals surface area contributed by atoms with Crippen LogP contribution in [0.25, 0.3) is 59.1 Å². The molecule has 2 unspecified atom stereocenters. The molecule has 0 radical (unpaired) electrons. The first kappa shape index (κ1) is 40.1. The van der Waals surface area contributed by atoms with Gasteiger partial charge in [0.2, 0.25) is 0 Å². The van der Waals surface area contributed by atoms with Gasteiger partial charge in [0.15, 0.2) is 0 Å². The van der Waals surface area contributed by atoms with Crippen molar-refractivity contribution in [1.29, 1.82) is 0 Å². The summed E-state index contributed by atoms with van der Waals surface area (Å²) in [4.78, 5) is 6.10. The highest BCUT2D eigenvalue weighted by Crippen LogP contribution is 2.57. The SMILES string of the molecule is CCC1/C(c2ccc(-c3ccccc3)cc2)=C\CCC(c2cc3c(cc2-c2ccc4c(c2)sc2ccccc24)-c2ccccc2C3(c2ccccc2)c2ccccc2)=NC1c1ccccc1. The van der Waals surface area contributed by atoms with Crippen LogP contribution >= 0.6 is 11.3 Å². The molecule has 66 heavy (non-hydrogen) atoms. The highest BCUT2D eigenvalue weighted by atomic mass is 32.1. The van der Waals surface area contributed by atoms with Crippen molar-refractivity contribution < 1.29 is 0 Å². The van der Waals surface area contributed by atoms with Gasteiger partial charge in [-0.1, -0.05) is 213 Å². The largest absolute Gasteiger partial charge is 0.280 e. The van der Waals surface area contributed by atoms with Gasteiger partial charge in [0.1, 0.15) is 0 Å².